The first-order valence-electron chi connectivity index (χ1n) is 7.56. The van der Waals surface area contributed by atoms with Crippen LogP contribution in [0.2, 0.25) is 0 Å². The molecule has 0 N–H and O–H groups in total. The van der Waals surface area contributed by atoms with Crippen molar-refractivity contribution in [2.45, 2.75) is 20.8 Å². The molecule has 0 aromatic carbocycles. The molecule has 2 heterocycles. The molecule has 0 bridgehead atoms. The van der Waals surface area contributed by atoms with Gasteiger partial charge in [-0.05, 0) is 39.0 Å². The molecule has 0 aliphatic heterocycles. The summed E-state index contributed by atoms with van der Waals surface area (Å²) in [5.74, 6) is 0. The largest absolute Gasteiger partial charge is 0.539 e. The summed E-state index contributed by atoms with van der Waals surface area (Å²) in [5, 5.41) is 0.860. The summed E-state index contributed by atoms with van der Waals surface area (Å²) in [5.41, 5.74) is 1.54. The van der Waals surface area contributed by atoms with Crippen LogP contribution in [0, 0.1) is 0 Å². The van der Waals surface area contributed by atoms with Crippen LogP contribution in [0.1, 0.15) is 20.8 Å². The highest BCUT2D eigenvalue weighted by Gasteiger charge is 2.45. The molecule has 6 heteroatoms. The summed E-state index contributed by atoms with van der Waals surface area (Å²) in [7, 11) is -3.00. The van der Waals surface area contributed by atoms with Crippen molar-refractivity contribution in [3.05, 3.63) is 42.7 Å². The topological polar surface area (TPSA) is 53.5 Å². The third-order valence-corrected chi connectivity index (χ3v) is 6.12. The number of rotatable bonds is 8. The smallest absolute Gasteiger partial charge is 0.370 e. The van der Waals surface area contributed by atoms with Gasteiger partial charge in [0.05, 0.1) is 16.6 Å². The zero-order chi connectivity index (χ0) is 15.8. The van der Waals surface area contributed by atoms with Gasteiger partial charge in [0.1, 0.15) is 0 Å². The number of nitrogens with zero attached hydrogens (tertiary/aromatic N) is 2. The highest BCUT2D eigenvalue weighted by Crippen LogP contribution is 2.18. The van der Waals surface area contributed by atoms with Crippen LogP contribution in [-0.2, 0) is 13.3 Å². The molecule has 2 rings (SSSR count). The van der Waals surface area contributed by atoms with E-state index in [0.717, 1.165) is 16.6 Å². The van der Waals surface area contributed by atoms with Gasteiger partial charge in [0.15, 0.2) is 0 Å². The first-order chi connectivity index (χ1) is 10.8. The Labute approximate surface area is 132 Å². The summed E-state index contributed by atoms with van der Waals surface area (Å²) in [6.45, 7) is 7.37. The van der Waals surface area contributed by atoms with Gasteiger partial charge < -0.3 is 13.3 Å². The first kappa shape index (κ1) is 16.8. The van der Waals surface area contributed by atoms with E-state index in [9.17, 15) is 0 Å². The van der Waals surface area contributed by atoms with Gasteiger partial charge in [-0.25, -0.2) is 0 Å². The zero-order valence-corrected chi connectivity index (χ0v) is 14.3. The lowest BCUT2D eigenvalue weighted by atomic mass is 10.2. The van der Waals surface area contributed by atoms with Gasteiger partial charge in [0.25, 0.3) is 0 Å². The Kier molecular flexibility index (Phi) is 6.20. The van der Waals surface area contributed by atoms with Crippen LogP contribution < -0.4 is 5.19 Å². The molecule has 22 heavy (non-hydrogen) atoms. The molecular formula is C16H22N2O3Si. The highest BCUT2D eigenvalue weighted by atomic mass is 28.4. The lowest BCUT2D eigenvalue weighted by Crippen LogP contribution is -2.57. The van der Waals surface area contributed by atoms with Crippen molar-refractivity contribution in [3.63, 3.8) is 0 Å². The molecule has 0 unspecified atom stereocenters. The van der Waals surface area contributed by atoms with Crippen LogP contribution in [0.3, 0.4) is 0 Å². The van der Waals surface area contributed by atoms with E-state index in [1.165, 1.54) is 0 Å². The fraction of sp³-hybridized carbons (Fsp3) is 0.375. The molecule has 118 valence electrons. The van der Waals surface area contributed by atoms with Gasteiger partial charge >= 0.3 is 8.80 Å². The Balaban J connectivity index is 2.56. The Morgan fingerprint density at radius 1 is 0.818 bits per heavy atom. The van der Waals surface area contributed by atoms with Crippen LogP contribution in [-0.4, -0.2) is 38.6 Å². The zero-order valence-electron chi connectivity index (χ0n) is 13.3. The summed E-state index contributed by atoms with van der Waals surface area (Å²) in [6, 6.07) is 9.58. The number of aromatic nitrogens is 2. The fourth-order valence-corrected chi connectivity index (χ4v) is 4.93. The standard InChI is InChI=1S/C16H22N2O3Si/c1-4-19-22(20-5-2,21-6-3)15-11-9-13-18-16(15)14-10-7-8-12-17-14/h7-13H,4-6H2,1-3H3. The Bertz CT molecular complexity index is 564. The van der Waals surface area contributed by atoms with E-state index >= 15 is 0 Å². The molecule has 0 aliphatic rings. The molecule has 2 aromatic rings. The van der Waals surface area contributed by atoms with Gasteiger partial charge in [-0.1, -0.05) is 12.1 Å². The van der Waals surface area contributed by atoms with Crippen LogP contribution in [0.4, 0.5) is 0 Å². The van der Waals surface area contributed by atoms with Crippen molar-refractivity contribution in [1.82, 2.24) is 9.97 Å². The number of pyridine rings is 2. The molecular weight excluding hydrogens is 296 g/mol. The van der Waals surface area contributed by atoms with Gasteiger partial charge in [0, 0.05) is 32.2 Å². The van der Waals surface area contributed by atoms with Crippen molar-refractivity contribution in [1.29, 1.82) is 0 Å². The minimum Gasteiger partial charge on any atom is -0.370 e. The van der Waals surface area contributed by atoms with Crippen molar-refractivity contribution in [3.8, 4) is 11.4 Å². The Morgan fingerprint density at radius 2 is 1.45 bits per heavy atom. The first-order valence-corrected chi connectivity index (χ1v) is 9.28. The van der Waals surface area contributed by atoms with Crippen LogP contribution in [0.5, 0.6) is 0 Å². The second-order valence-corrected chi connectivity index (χ2v) is 6.99. The minimum absolute atomic E-state index is 0.517. The average Bonchev–Trinajstić information content (AvgIpc) is 2.56. The van der Waals surface area contributed by atoms with Crippen LogP contribution in [0.15, 0.2) is 42.7 Å². The number of hydrogen-bond acceptors (Lipinski definition) is 5. The van der Waals surface area contributed by atoms with E-state index in [0.29, 0.717) is 19.8 Å². The van der Waals surface area contributed by atoms with Crippen molar-refractivity contribution in [2.24, 2.45) is 0 Å². The summed E-state index contributed by atoms with van der Waals surface area (Å²) >= 11 is 0. The van der Waals surface area contributed by atoms with Crippen molar-refractivity contribution < 1.29 is 13.3 Å². The third kappa shape index (κ3) is 3.59. The minimum atomic E-state index is -3.00. The monoisotopic (exact) mass is 318 g/mol. The van der Waals surface area contributed by atoms with Crippen molar-refractivity contribution in [2.75, 3.05) is 19.8 Å². The summed E-state index contributed by atoms with van der Waals surface area (Å²) in [4.78, 5) is 8.89. The highest BCUT2D eigenvalue weighted by molar-refractivity contribution is 6.76. The maximum Gasteiger partial charge on any atom is 0.539 e. The van der Waals surface area contributed by atoms with E-state index in [4.69, 9.17) is 13.3 Å². The average molecular weight is 318 g/mol. The van der Waals surface area contributed by atoms with Gasteiger partial charge in [-0.3, -0.25) is 9.97 Å². The maximum absolute atomic E-state index is 5.99. The predicted molar refractivity (Wildman–Crippen MR) is 87.7 cm³/mol. The quantitative estimate of drug-likeness (QED) is 0.700. The molecule has 0 spiro atoms. The Morgan fingerprint density at radius 3 is 2.00 bits per heavy atom. The molecule has 5 nitrogen and oxygen atoms in total. The van der Waals surface area contributed by atoms with E-state index < -0.39 is 8.80 Å². The number of hydrogen-bond donors (Lipinski definition) is 0. The van der Waals surface area contributed by atoms with Crippen molar-refractivity contribution >= 4 is 14.0 Å². The Hall–Kier alpha value is -1.60. The van der Waals surface area contributed by atoms with E-state index in [-0.39, 0.29) is 0 Å². The third-order valence-electron chi connectivity index (χ3n) is 3.05. The normalized spacial score (nSPS) is 11.6. The molecule has 0 saturated heterocycles. The fourth-order valence-electron chi connectivity index (χ4n) is 2.29. The second-order valence-electron chi connectivity index (χ2n) is 4.47. The summed E-state index contributed by atoms with van der Waals surface area (Å²) in [6.07, 6.45) is 3.50. The molecule has 0 amide bonds. The second kappa shape index (κ2) is 8.14. The van der Waals surface area contributed by atoms with E-state index in [2.05, 4.69) is 9.97 Å². The SMILES string of the molecule is CCO[Si](OCC)(OCC)c1cccnc1-c1ccccn1. The maximum atomic E-state index is 5.99. The molecule has 0 aliphatic carbocycles. The molecule has 0 atom stereocenters. The molecule has 0 radical (unpaired) electrons. The lowest BCUT2D eigenvalue weighted by Gasteiger charge is -2.29. The van der Waals surface area contributed by atoms with Crippen LogP contribution >= 0.6 is 0 Å². The van der Waals surface area contributed by atoms with Gasteiger partial charge in [0.2, 0.25) is 0 Å². The van der Waals surface area contributed by atoms with Crippen LogP contribution in [0.25, 0.3) is 11.4 Å². The lowest BCUT2D eigenvalue weighted by molar-refractivity contribution is 0.0859. The van der Waals surface area contributed by atoms with E-state index in [1.807, 2.05) is 51.1 Å². The van der Waals surface area contributed by atoms with Gasteiger partial charge in [-0.2, -0.15) is 0 Å². The van der Waals surface area contributed by atoms with E-state index in [1.54, 1.807) is 12.4 Å². The molecule has 2 aromatic heterocycles. The van der Waals surface area contributed by atoms with Gasteiger partial charge in [-0.15, -0.1) is 0 Å². The molecule has 0 saturated carbocycles. The predicted octanol–water partition coefficient (Wildman–Crippen LogP) is 2.40. The summed E-state index contributed by atoms with van der Waals surface area (Å²) < 4.78 is 18.0. The molecule has 0 fully saturated rings.